The molecule has 2 amide bonds. The molecule has 28 heavy (non-hydrogen) atoms. The number of likely N-dealkylation sites (N-methyl/N-ethyl adjacent to an activating group) is 1. The maximum Gasteiger partial charge on any atom is 0.239 e. The SMILES string of the molecule is Cc1ccnc(NC(=O)CN(C)CCC(=O)Nc2cccc(S(N)(=O)=O)c2)c1. The number of nitrogens with zero attached hydrogens (tertiary/aromatic N) is 2. The normalized spacial score (nSPS) is 11.3. The minimum atomic E-state index is -3.84. The molecule has 0 fully saturated rings. The van der Waals surface area contributed by atoms with E-state index in [9.17, 15) is 18.0 Å². The number of primary sulfonamides is 1. The minimum Gasteiger partial charge on any atom is -0.326 e. The lowest BCUT2D eigenvalue weighted by Gasteiger charge is -2.16. The Bertz CT molecular complexity index is 962. The van der Waals surface area contributed by atoms with Crippen LogP contribution < -0.4 is 15.8 Å². The van der Waals surface area contributed by atoms with Crippen LogP contribution in [0.5, 0.6) is 0 Å². The molecule has 0 aliphatic heterocycles. The van der Waals surface area contributed by atoms with Gasteiger partial charge in [-0.2, -0.15) is 0 Å². The largest absolute Gasteiger partial charge is 0.326 e. The summed E-state index contributed by atoms with van der Waals surface area (Å²) in [5.41, 5.74) is 1.32. The molecule has 0 unspecified atom stereocenters. The first-order valence-electron chi connectivity index (χ1n) is 8.47. The van der Waals surface area contributed by atoms with Crippen LogP contribution in [0.2, 0.25) is 0 Å². The van der Waals surface area contributed by atoms with Crippen LogP contribution in [0.3, 0.4) is 0 Å². The summed E-state index contributed by atoms with van der Waals surface area (Å²) in [4.78, 5) is 29.8. The molecule has 0 radical (unpaired) electrons. The number of pyridine rings is 1. The molecule has 1 aromatic heterocycles. The van der Waals surface area contributed by atoms with Crippen molar-refractivity contribution in [3.8, 4) is 0 Å². The molecule has 1 aromatic carbocycles. The predicted octanol–water partition coefficient (Wildman–Crippen LogP) is 0.937. The maximum atomic E-state index is 12.1. The van der Waals surface area contributed by atoms with Crippen molar-refractivity contribution in [1.29, 1.82) is 0 Å². The van der Waals surface area contributed by atoms with Gasteiger partial charge in [-0.05, 0) is 49.9 Å². The van der Waals surface area contributed by atoms with E-state index in [-0.39, 0.29) is 29.7 Å². The molecule has 0 saturated heterocycles. The lowest BCUT2D eigenvalue weighted by atomic mass is 10.3. The van der Waals surface area contributed by atoms with E-state index in [1.807, 2.05) is 13.0 Å². The molecule has 0 bridgehead atoms. The second-order valence-corrected chi connectivity index (χ2v) is 7.94. The second kappa shape index (κ2) is 9.40. The van der Waals surface area contributed by atoms with E-state index in [2.05, 4.69) is 15.6 Å². The van der Waals surface area contributed by atoms with Crippen LogP contribution in [0, 0.1) is 6.92 Å². The highest BCUT2D eigenvalue weighted by atomic mass is 32.2. The number of sulfonamides is 1. The molecule has 1 heterocycles. The van der Waals surface area contributed by atoms with Gasteiger partial charge in [-0.1, -0.05) is 6.07 Å². The number of rotatable bonds is 8. The van der Waals surface area contributed by atoms with Gasteiger partial charge in [0.25, 0.3) is 0 Å². The van der Waals surface area contributed by atoms with Gasteiger partial charge in [-0.3, -0.25) is 14.5 Å². The summed E-state index contributed by atoms with van der Waals surface area (Å²) in [7, 11) is -2.12. The average molecular weight is 405 g/mol. The van der Waals surface area contributed by atoms with Crippen LogP contribution in [0.25, 0.3) is 0 Å². The molecule has 0 atom stereocenters. The number of anilines is 2. The van der Waals surface area contributed by atoms with Crippen molar-refractivity contribution in [2.75, 3.05) is 30.8 Å². The number of aromatic nitrogens is 1. The smallest absolute Gasteiger partial charge is 0.239 e. The highest BCUT2D eigenvalue weighted by Gasteiger charge is 2.12. The van der Waals surface area contributed by atoms with Crippen molar-refractivity contribution in [2.24, 2.45) is 5.14 Å². The number of carbonyl (C=O) groups excluding carboxylic acids is 2. The van der Waals surface area contributed by atoms with Gasteiger partial charge in [0.2, 0.25) is 21.8 Å². The summed E-state index contributed by atoms with van der Waals surface area (Å²) in [6, 6.07) is 9.30. The Morgan fingerprint density at radius 1 is 1.14 bits per heavy atom. The fraction of sp³-hybridized carbons (Fsp3) is 0.278. The zero-order valence-electron chi connectivity index (χ0n) is 15.7. The third-order valence-electron chi connectivity index (χ3n) is 3.76. The molecule has 9 nitrogen and oxygen atoms in total. The molecule has 0 spiro atoms. The first-order valence-corrected chi connectivity index (χ1v) is 10.0. The number of aryl methyl sites for hydroxylation is 1. The van der Waals surface area contributed by atoms with E-state index in [0.717, 1.165) is 5.56 Å². The van der Waals surface area contributed by atoms with Crippen LogP contribution >= 0.6 is 0 Å². The zero-order valence-corrected chi connectivity index (χ0v) is 16.5. The van der Waals surface area contributed by atoms with E-state index in [1.54, 1.807) is 30.3 Å². The quantitative estimate of drug-likeness (QED) is 0.598. The van der Waals surface area contributed by atoms with E-state index >= 15 is 0 Å². The summed E-state index contributed by atoms with van der Waals surface area (Å²) in [6.07, 6.45) is 1.75. The molecule has 2 aromatic rings. The maximum absolute atomic E-state index is 12.1. The van der Waals surface area contributed by atoms with Crippen molar-refractivity contribution in [1.82, 2.24) is 9.88 Å². The molecule has 150 valence electrons. The third-order valence-corrected chi connectivity index (χ3v) is 4.67. The monoisotopic (exact) mass is 405 g/mol. The summed E-state index contributed by atoms with van der Waals surface area (Å²) in [5.74, 6) is -0.0630. The Labute approximate surface area is 164 Å². The molecule has 4 N–H and O–H groups in total. The predicted molar refractivity (Wildman–Crippen MR) is 106 cm³/mol. The van der Waals surface area contributed by atoms with Crippen LogP contribution in [-0.4, -0.2) is 50.3 Å². The molecular weight excluding hydrogens is 382 g/mol. The van der Waals surface area contributed by atoms with Gasteiger partial charge in [0.15, 0.2) is 0 Å². The van der Waals surface area contributed by atoms with Crippen molar-refractivity contribution < 1.29 is 18.0 Å². The minimum absolute atomic E-state index is 0.0798. The fourth-order valence-corrected chi connectivity index (χ4v) is 2.94. The standard InChI is InChI=1S/C18H23N5O4S/c1-13-6-8-20-16(10-13)22-18(25)12-23(2)9-7-17(24)21-14-4-3-5-15(11-14)28(19,26)27/h3-6,8,10-11H,7,9,12H2,1-2H3,(H,21,24)(H2,19,26,27)(H,20,22,25). The van der Waals surface area contributed by atoms with Crippen LogP contribution in [0.15, 0.2) is 47.5 Å². The molecule has 0 aliphatic rings. The van der Waals surface area contributed by atoms with Crippen molar-refractivity contribution in [3.63, 3.8) is 0 Å². The number of nitrogens with one attached hydrogen (secondary N) is 2. The van der Waals surface area contributed by atoms with Crippen LogP contribution in [-0.2, 0) is 19.6 Å². The van der Waals surface area contributed by atoms with Gasteiger partial charge in [-0.15, -0.1) is 0 Å². The topological polar surface area (TPSA) is 134 Å². The first-order chi connectivity index (χ1) is 13.1. The van der Waals surface area contributed by atoms with Gasteiger partial charge in [0.1, 0.15) is 5.82 Å². The lowest BCUT2D eigenvalue weighted by Crippen LogP contribution is -2.32. The second-order valence-electron chi connectivity index (χ2n) is 6.38. The van der Waals surface area contributed by atoms with Gasteiger partial charge in [0, 0.05) is 24.8 Å². The molecule has 2 rings (SSSR count). The fourth-order valence-electron chi connectivity index (χ4n) is 2.38. The third kappa shape index (κ3) is 7.06. The van der Waals surface area contributed by atoms with Crippen molar-refractivity contribution >= 4 is 33.3 Å². The van der Waals surface area contributed by atoms with E-state index in [4.69, 9.17) is 5.14 Å². The van der Waals surface area contributed by atoms with Gasteiger partial charge in [-0.25, -0.2) is 18.5 Å². The molecule has 10 heteroatoms. The highest BCUT2D eigenvalue weighted by Crippen LogP contribution is 2.14. The van der Waals surface area contributed by atoms with Crippen LogP contribution in [0.4, 0.5) is 11.5 Å². The van der Waals surface area contributed by atoms with Gasteiger partial charge < -0.3 is 10.6 Å². The number of amides is 2. The number of carbonyl (C=O) groups is 2. The van der Waals surface area contributed by atoms with E-state index in [1.165, 1.54) is 18.2 Å². The Balaban J connectivity index is 1.80. The Kier molecular flexibility index (Phi) is 7.21. The summed E-state index contributed by atoms with van der Waals surface area (Å²) < 4.78 is 22.7. The Morgan fingerprint density at radius 3 is 2.57 bits per heavy atom. The van der Waals surface area contributed by atoms with Gasteiger partial charge in [0.05, 0.1) is 11.4 Å². The van der Waals surface area contributed by atoms with Crippen LogP contribution in [0.1, 0.15) is 12.0 Å². The number of hydrogen-bond acceptors (Lipinski definition) is 6. The lowest BCUT2D eigenvalue weighted by molar-refractivity contribution is -0.119. The Morgan fingerprint density at radius 2 is 1.89 bits per heavy atom. The average Bonchev–Trinajstić information content (AvgIpc) is 2.59. The molecule has 0 saturated carbocycles. The Hall–Kier alpha value is -2.82. The number of hydrogen-bond donors (Lipinski definition) is 3. The summed E-state index contributed by atoms with van der Waals surface area (Å²) >= 11 is 0. The molecular formula is C18H23N5O4S. The number of benzene rings is 1. The first kappa shape index (κ1) is 21.5. The van der Waals surface area contributed by atoms with Crippen molar-refractivity contribution in [3.05, 3.63) is 48.2 Å². The highest BCUT2D eigenvalue weighted by molar-refractivity contribution is 7.89. The zero-order chi connectivity index (χ0) is 20.7. The van der Waals surface area contributed by atoms with E-state index < -0.39 is 10.0 Å². The summed E-state index contributed by atoms with van der Waals surface area (Å²) in [6.45, 7) is 2.35. The summed E-state index contributed by atoms with van der Waals surface area (Å²) in [5, 5.41) is 10.4. The molecule has 0 aliphatic carbocycles. The number of nitrogens with two attached hydrogens (primary N) is 1. The van der Waals surface area contributed by atoms with Gasteiger partial charge >= 0.3 is 0 Å². The van der Waals surface area contributed by atoms with E-state index in [0.29, 0.717) is 18.1 Å². The van der Waals surface area contributed by atoms with Crippen molar-refractivity contribution in [2.45, 2.75) is 18.2 Å².